The molecule has 3 N–H and O–H groups in total. The number of methoxy groups -OCH3 is 1. The minimum Gasteiger partial charge on any atom is -0.465 e. The maximum atomic E-state index is 13.8. The van der Waals surface area contributed by atoms with Gasteiger partial charge in [-0.3, -0.25) is 0 Å². The van der Waals surface area contributed by atoms with E-state index in [1.54, 1.807) is 0 Å². The van der Waals surface area contributed by atoms with E-state index >= 15 is 0 Å². The number of nitrogens with one attached hydrogen (secondary N) is 1. The number of nitrogens with two attached hydrogens (primary N) is 1. The lowest BCUT2D eigenvalue weighted by molar-refractivity contribution is 0.0602. The zero-order valence-electron chi connectivity index (χ0n) is 11.0. The van der Waals surface area contributed by atoms with Gasteiger partial charge in [0, 0.05) is 12.2 Å². The molecule has 0 spiro atoms. The largest absolute Gasteiger partial charge is 0.465 e. The molecule has 0 atom stereocenters. The van der Waals surface area contributed by atoms with Crippen molar-refractivity contribution >= 4 is 17.3 Å². The van der Waals surface area contributed by atoms with Gasteiger partial charge in [0.1, 0.15) is 5.82 Å². The minimum absolute atomic E-state index is 0.0552. The molecular weight excluding hydrogens is 259 g/mol. The normalized spacial score (nSPS) is 10.1. The lowest BCUT2D eigenvalue weighted by Crippen LogP contribution is -2.09. The summed E-state index contributed by atoms with van der Waals surface area (Å²) in [5, 5.41) is 2.94. The van der Waals surface area contributed by atoms with Gasteiger partial charge in [-0.15, -0.1) is 0 Å². The zero-order valence-corrected chi connectivity index (χ0v) is 11.0. The Kier molecular flexibility index (Phi) is 4.20. The van der Waals surface area contributed by atoms with Crippen LogP contribution in [0.4, 0.5) is 15.8 Å². The van der Waals surface area contributed by atoms with Gasteiger partial charge in [0.25, 0.3) is 0 Å². The summed E-state index contributed by atoms with van der Waals surface area (Å²) in [7, 11) is 1.25. The van der Waals surface area contributed by atoms with Crippen molar-refractivity contribution in [3.8, 4) is 0 Å². The number of carbonyl (C=O) groups is 1. The monoisotopic (exact) mass is 274 g/mol. The van der Waals surface area contributed by atoms with Crippen molar-refractivity contribution in [2.75, 3.05) is 18.2 Å². The summed E-state index contributed by atoms with van der Waals surface area (Å²) in [5.41, 5.74) is 7.02. The number of ether oxygens (including phenoxy) is 1. The standard InChI is InChI=1S/C15H15FN2O2/c1-20-15(19)11-7-14(12(16)8-13(11)17)18-9-10-5-3-2-4-6-10/h2-8,18H,9,17H2,1H3. The second kappa shape index (κ2) is 6.06. The number of carbonyl (C=O) groups excluding carboxylic acids is 1. The first-order valence-corrected chi connectivity index (χ1v) is 6.07. The van der Waals surface area contributed by atoms with Crippen molar-refractivity contribution in [1.29, 1.82) is 0 Å². The lowest BCUT2D eigenvalue weighted by Gasteiger charge is -2.11. The number of esters is 1. The fourth-order valence-corrected chi connectivity index (χ4v) is 1.80. The van der Waals surface area contributed by atoms with Crippen LogP contribution in [0.2, 0.25) is 0 Å². The van der Waals surface area contributed by atoms with Crippen LogP contribution in [0, 0.1) is 5.82 Å². The predicted octanol–water partition coefficient (Wildman–Crippen LogP) is 2.81. The van der Waals surface area contributed by atoms with E-state index in [0.29, 0.717) is 6.54 Å². The molecule has 0 aromatic heterocycles. The van der Waals surface area contributed by atoms with E-state index in [9.17, 15) is 9.18 Å². The zero-order chi connectivity index (χ0) is 14.5. The Balaban J connectivity index is 2.21. The van der Waals surface area contributed by atoms with E-state index < -0.39 is 11.8 Å². The molecule has 5 heteroatoms. The highest BCUT2D eigenvalue weighted by atomic mass is 19.1. The first-order valence-electron chi connectivity index (χ1n) is 6.07. The Morgan fingerprint density at radius 2 is 2.00 bits per heavy atom. The summed E-state index contributed by atoms with van der Waals surface area (Å²) >= 11 is 0. The van der Waals surface area contributed by atoms with E-state index in [4.69, 9.17) is 5.73 Å². The molecule has 0 heterocycles. The SMILES string of the molecule is COC(=O)c1cc(NCc2ccccc2)c(F)cc1N. The Bertz CT molecular complexity index is 615. The van der Waals surface area contributed by atoms with Gasteiger partial charge in [-0.25, -0.2) is 9.18 Å². The fraction of sp³-hybridized carbons (Fsp3) is 0.133. The van der Waals surface area contributed by atoms with Gasteiger partial charge in [0.05, 0.1) is 18.4 Å². The Morgan fingerprint density at radius 1 is 1.30 bits per heavy atom. The van der Waals surface area contributed by atoms with E-state index in [1.165, 1.54) is 13.2 Å². The smallest absolute Gasteiger partial charge is 0.340 e. The minimum atomic E-state index is -0.592. The molecule has 0 aliphatic heterocycles. The van der Waals surface area contributed by atoms with Gasteiger partial charge < -0.3 is 15.8 Å². The summed E-state index contributed by atoms with van der Waals surface area (Å²) in [4.78, 5) is 11.5. The Labute approximate surface area is 116 Å². The molecular formula is C15H15FN2O2. The van der Waals surface area contributed by atoms with Crippen LogP contribution in [-0.4, -0.2) is 13.1 Å². The summed E-state index contributed by atoms with van der Waals surface area (Å²) < 4.78 is 18.4. The van der Waals surface area contributed by atoms with E-state index in [2.05, 4.69) is 10.1 Å². The van der Waals surface area contributed by atoms with Gasteiger partial charge >= 0.3 is 5.97 Å². The van der Waals surface area contributed by atoms with Gasteiger partial charge in [-0.1, -0.05) is 30.3 Å². The second-order valence-corrected chi connectivity index (χ2v) is 4.25. The summed E-state index contributed by atoms with van der Waals surface area (Å²) in [5.74, 6) is -1.10. The highest BCUT2D eigenvalue weighted by molar-refractivity contribution is 5.96. The van der Waals surface area contributed by atoms with Crippen molar-refractivity contribution < 1.29 is 13.9 Å². The third kappa shape index (κ3) is 3.06. The molecule has 0 saturated carbocycles. The Hall–Kier alpha value is -2.56. The van der Waals surface area contributed by atoms with Crippen molar-refractivity contribution in [2.45, 2.75) is 6.54 Å². The van der Waals surface area contributed by atoms with Gasteiger partial charge in [-0.2, -0.15) is 0 Å². The number of anilines is 2. The topological polar surface area (TPSA) is 64.3 Å². The molecule has 0 amide bonds. The van der Waals surface area contributed by atoms with Crippen LogP contribution < -0.4 is 11.1 Å². The van der Waals surface area contributed by atoms with Crippen LogP contribution in [0.5, 0.6) is 0 Å². The Morgan fingerprint density at radius 3 is 2.65 bits per heavy atom. The maximum absolute atomic E-state index is 13.8. The van der Waals surface area contributed by atoms with Crippen molar-refractivity contribution in [3.05, 3.63) is 59.4 Å². The molecule has 0 fully saturated rings. The van der Waals surface area contributed by atoms with E-state index in [-0.39, 0.29) is 16.9 Å². The number of halogens is 1. The molecule has 0 saturated heterocycles. The average molecular weight is 274 g/mol. The molecule has 2 rings (SSSR count). The first kappa shape index (κ1) is 13.9. The lowest BCUT2D eigenvalue weighted by atomic mass is 10.1. The third-order valence-corrected chi connectivity index (χ3v) is 2.87. The highest BCUT2D eigenvalue weighted by Gasteiger charge is 2.14. The van der Waals surface area contributed by atoms with Crippen LogP contribution in [-0.2, 0) is 11.3 Å². The quantitative estimate of drug-likeness (QED) is 0.664. The average Bonchev–Trinajstić information content (AvgIpc) is 2.46. The van der Waals surface area contributed by atoms with E-state index in [0.717, 1.165) is 11.6 Å². The number of hydrogen-bond donors (Lipinski definition) is 2. The molecule has 0 radical (unpaired) electrons. The predicted molar refractivity (Wildman–Crippen MR) is 75.9 cm³/mol. The second-order valence-electron chi connectivity index (χ2n) is 4.25. The van der Waals surface area contributed by atoms with Crippen LogP contribution in [0.25, 0.3) is 0 Å². The molecule has 20 heavy (non-hydrogen) atoms. The van der Waals surface area contributed by atoms with Gasteiger partial charge in [0.15, 0.2) is 0 Å². The number of benzene rings is 2. The molecule has 104 valence electrons. The van der Waals surface area contributed by atoms with Gasteiger partial charge in [0.2, 0.25) is 0 Å². The van der Waals surface area contributed by atoms with Crippen molar-refractivity contribution in [2.24, 2.45) is 0 Å². The van der Waals surface area contributed by atoms with E-state index in [1.807, 2.05) is 30.3 Å². The number of hydrogen-bond acceptors (Lipinski definition) is 4. The molecule has 0 aliphatic carbocycles. The van der Waals surface area contributed by atoms with Crippen LogP contribution in [0.3, 0.4) is 0 Å². The molecule has 4 nitrogen and oxygen atoms in total. The molecule has 2 aromatic rings. The summed E-state index contributed by atoms with van der Waals surface area (Å²) in [6.07, 6.45) is 0. The van der Waals surface area contributed by atoms with Crippen LogP contribution in [0.1, 0.15) is 15.9 Å². The van der Waals surface area contributed by atoms with Crippen LogP contribution >= 0.6 is 0 Å². The maximum Gasteiger partial charge on any atom is 0.340 e. The fourth-order valence-electron chi connectivity index (χ4n) is 1.80. The van der Waals surface area contributed by atoms with Crippen molar-refractivity contribution in [3.63, 3.8) is 0 Å². The third-order valence-electron chi connectivity index (χ3n) is 2.87. The molecule has 0 unspecified atom stereocenters. The summed E-state index contributed by atoms with van der Waals surface area (Å²) in [6.45, 7) is 0.447. The number of nitrogen functional groups attached to an aromatic ring is 1. The number of rotatable bonds is 4. The van der Waals surface area contributed by atoms with Crippen LogP contribution in [0.15, 0.2) is 42.5 Å². The summed E-state index contributed by atoms with van der Waals surface area (Å²) in [6, 6.07) is 12.0. The molecule has 0 aliphatic rings. The van der Waals surface area contributed by atoms with Gasteiger partial charge in [-0.05, 0) is 17.7 Å². The molecule has 2 aromatic carbocycles. The molecule has 0 bridgehead atoms. The highest BCUT2D eigenvalue weighted by Crippen LogP contribution is 2.23. The van der Waals surface area contributed by atoms with Crippen molar-refractivity contribution in [1.82, 2.24) is 0 Å². The first-order chi connectivity index (χ1) is 9.61.